The van der Waals surface area contributed by atoms with E-state index in [9.17, 15) is 36.5 Å². The summed E-state index contributed by atoms with van der Waals surface area (Å²) in [7, 11) is -1.70. The highest BCUT2D eigenvalue weighted by Crippen LogP contribution is 2.55. The molecule has 262 valence electrons. The van der Waals surface area contributed by atoms with E-state index in [1.807, 2.05) is 0 Å². The van der Waals surface area contributed by atoms with E-state index in [1.165, 1.54) is 24.0 Å². The molecule has 1 aromatic carbocycles. The van der Waals surface area contributed by atoms with Crippen molar-refractivity contribution in [3.8, 4) is 11.3 Å². The smallest absolute Gasteiger partial charge is 0.292 e. The Labute approximate surface area is 278 Å². The van der Waals surface area contributed by atoms with Crippen molar-refractivity contribution in [1.29, 1.82) is 0 Å². The molecule has 0 spiro atoms. The Morgan fingerprint density at radius 1 is 0.938 bits per heavy atom. The second-order valence-corrected chi connectivity index (χ2v) is 15.8. The summed E-state index contributed by atoms with van der Waals surface area (Å²) < 4.78 is 104. The number of nitrogens with zero attached hydrogens (tertiary/aromatic N) is 4. The number of benzene rings is 1. The molecule has 0 aliphatic rings. The van der Waals surface area contributed by atoms with Gasteiger partial charge in [0.1, 0.15) is 28.8 Å². The summed E-state index contributed by atoms with van der Waals surface area (Å²) in [5, 5.41) is 2.81. The fourth-order valence-corrected chi connectivity index (χ4v) is 8.18. The zero-order chi connectivity index (χ0) is 36.1. The number of hydrogen-bond donors (Lipinski definition) is 0. The van der Waals surface area contributed by atoms with Gasteiger partial charge in [0.2, 0.25) is 0 Å². The first-order chi connectivity index (χ1) is 21.9. The van der Waals surface area contributed by atoms with E-state index < -0.39 is 78.3 Å². The second kappa shape index (κ2) is 13.2. The van der Waals surface area contributed by atoms with Gasteiger partial charge in [0, 0.05) is 25.0 Å². The van der Waals surface area contributed by atoms with Crippen LogP contribution in [0.3, 0.4) is 0 Å². The Kier molecular flexibility index (Phi) is 10.3. The number of aryl methyl sites for hydroxylation is 1. The Balaban J connectivity index is 1.86. The zero-order valence-corrected chi connectivity index (χ0v) is 29.6. The van der Waals surface area contributed by atoms with Crippen molar-refractivity contribution in [2.45, 2.75) is 72.1 Å². The van der Waals surface area contributed by atoms with Gasteiger partial charge in [-0.05, 0) is 64.6 Å². The van der Waals surface area contributed by atoms with E-state index in [1.54, 1.807) is 41.5 Å². The number of phosphoric ester groups is 1. The summed E-state index contributed by atoms with van der Waals surface area (Å²) in [5.41, 5.74) is -6.23. The number of fused-ring (bicyclic) bond motifs is 1. The number of amides is 1. The third-order valence-corrected chi connectivity index (χ3v) is 10.3. The largest absolute Gasteiger partial charge is 0.477 e. The first-order valence-corrected chi connectivity index (χ1v) is 17.3. The topological polar surface area (TPSA) is 123 Å². The minimum absolute atomic E-state index is 0.129. The molecule has 3 heterocycles. The van der Waals surface area contributed by atoms with Crippen molar-refractivity contribution >= 4 is 46.6 Å². The molecular weight excluding hydrogens is 706 g/mol. The quantitative estimate of drug-likeness (QED) is 0.149. The van der Waals surface area contributed by atoms with Crippen LogP contribution in [0.4, 0.5) is 22.0 Å². The number of hydrogen-bond acceptors (Lipinski definition) is 9. The minimum atomic E-state index is -5.38. The molecule has 4 rings (SSSR count). The van der Waals surface area contributed by atoms with Gasteiger partial charge in [0.25, 0.3) is 11.5 Å². The third-order valence-electron chi connectivity index (χ3n) is 6.37. The number of halogens is 5. The number of carbonyl (C=O) groups excluding carboxylic acids is 1. The first kappa shape index (κ1) is 37.5. The summed E-state index contributed by atoms with van der Waals surface area (Å²) in [5.74, 6) is -4.60. The highest BCUT2D eigenvalue weighted by atomic mass is 32.1. The van der Waals surface area contributed by atoms with E-state index in [4.69, 9.17) is 13.6 Å². The molecule has 0 N–H and O–H groups in total. The maximum Gasteiger partial charge on any atom is 0.477 e. The number of alkyl halides is 3. The summed E-state index contributed by atoms with van der Waals surface area (Å²) in [6.45, 7) is 8.61. The van der Waals surface area contributed by atoms with E-state index in [0.717, 1.165) is 31.9 Å². The minimum Gasteiger partial charge on any atom is -0.292 e. The van der Waals surface area contributed by atoms with E-state index in [-0.39, 0.29) is 21.4 Å². The Bertz CT molecular complexity index is 2110. The molecule has 11 nitrogen and oxygen atoms in total. The van der Waals surface area contributed by atoms with Crippen molar-refractivity contribution in [3.63, 3.8) is 0 Å². The number of thiophene rings is 1. The van der Waals surface area contributed by atoms with Crippen LogP contribution in [0.1, 0.15) is 52.7 Å². The van der Waals surface area contributed by atoms with Crippen LogP contribution in [-0.4, -0.2) is 30.8 Å². The Hall–Kier alpha value is -3.28. The van der Waals surface area contributed by atoms with Gasteiger partial charge in [-0.15, -0.1) is 22.7 Å². The molecule has 0 aliphatic carbocycles. The molecule has 19 heteroatoms. The van der Waals surface area contributed by atoms with E-state index in [2.05, 4.69) is 4.99 Å². The van der Waals surface area contributed by atoms with Gasteiger partial charge < -0.3 is 0 Å². The number of thiazole rings is 1. The number of aromatic nitrogens is 3. The predicted octanol–water partition coefficient (Wildman–Crippen LogP) is 6.51. The average Bonchev–Trinajstić information content (AvgIpc) is 3.50. The summed E-state index contributed by atoms with van der Waals surface area (Å²) >= 11 is 1.77. The fraction of sp³-hybridized carbons (Fsp3) is 0.448. The van der Waals surface area contributed by atoms with Gasteiger partial charge in [-0.3, -0.25) is 36.9 Å². The highest BCUT2D eigenvalue weighted by Gasteiger charge is 2.40. The van der Waals surface area contributed by atoms with Crippen LogP contribution >= 0.6 is 30.5 Å². The third kappa shape index (κ3) is 8.12. The molecule has 48 heavy (non-hydrogen) atoms. The molecule has 3 aromatic heterocycles. The fourth-order valence-electron chi connectivity index (χ4n) is 4.50. The van der Waals surface area contributed by atoms with Crippen molar-refractivity contribution in [2.24, 2.45) is 19.1 Å². The van der Waals surface area contributed by atoms with Crippen LogP contribution in [-0.2, 0) is 56.4 Å². The normalized spacial score (nSPS) is 13.6. The lowest BCUT2D eigenvalue weighted by atomic mass is 10.1. The molecule has 0 unspecified atom stereocenters. The maximum absolute atomic E-state index is 15.4. The molecule has 4 aromatic rings. The molecule has 1 amide bonds. The number of phosphoric acid groups is 1. The molecule has 0 aliphatic heterocycles. The predicted molar refractivity (Wildman–Crippen MR) is 170 cm³/mol. The molecule has 0 bridgehead atoms. The van der Waals surface area contributed by atoms with E-state index >= 15 is 4.39 Å². The van der Waals surface area contributed by atoms with Crippen molar-refractivity contribution in [3.05, 3.63) is 71.3 Å². The number of carbonyl (C=O) groups is 1. The monoisotopic (exact) mass is 738 g/mol. The maximum atomic E-state index is 15.4. The average molecular weight is 739 g/mol. The molecule has 0 radical (unpaired) electrons. The lowest BCUT2D eigenvalue weighted by Gasteiger charge is -2.31. The van der Waals surface area contributed by atoms with Gasteiger partial charge in [0.05, 0.1) is 28.7 Å². The van der Waals surface area contributed by atoms with Crippen LogP contribution in [0.5, 0.6) is 0 Å². The van der Waals surface area contributed by atoms with Gasteiger partial charge in [-0.25, -0.2) is 18.1 Å². The van der Waals surface area contributed by atoms with Gasteiger partial charge >= 0.3 is 19.7 Å². The second-order valence-electron chi connectivity index (χ2n) is 12.6. The lowest BCUT2D eigenvalue weighted by molar-refractivity contribution is -0.142. The van der Waals surface area contributed by atoms with Gasteiger partial charge in [-0.1, -0.05) is 0 Å². The highest BCUT2D eigenvalue weighted by molar-refractivity contribution is 7.48. The molecule has 0 atom stereocenters. The van der Waals surface area contributed by atoms with E-state index in [0.29, 0.717) is 22.2 Å². The number of rotatable bonds is 8. The Morgan fingerprint density at radius 3 is 2.10 bits per heavy atom. The Morgan fingerprint density at radius 2 is 1.54 bits per heavy atom. The first-order valence-electron chi connectivity index (χ1n) is 14.1. The van der Waals surface area contributed by atoms with Gasteiger partial charge in [-0.2, -0.15) is 18.2 Å². The van der Waals surface area contributed by atoms with Crippen molar-refractivity contribution in [2.75, 3.05) is 0 Å². The summed E-state index contributed by atoms with van der Waals surface area (Å²) in [6.07, 6.45) is -5.81. The molecule has 0 fully saturated rings. The zero-order valence-electron chi connectivity index (χ0n) is 27.0. The van der Waals surface area contributed by atoms with Crippen LogP contribution in [0.25, 0.3) is 21.5 Å². The SMILES string of the molecule is Cn1c(=O)c2c(CC(=O)N=c3scc(-c4ccc(F)c(C(F)(F)F)c4F)n3COP(=O)(OC(C)(C)C)OC(C)(C)C)csc2n(C)c1=O. The summed E-state index contributed by atoms with van der Waals surface area (Å²) in [4.78, 5) is 42.6. The molecule has 0 saturated carbocycles. The lowest BCUT2D eigenvalue weighted by Crippen LogP contribution is -2.36. The molecule has 0 saturated heterocycles. The van der Waals surface area contributed by atoms with Crippen LogP contribution in [0.15, 0.2) is 37.5 Å². The van der Waals surface area contributed by atoms with Crippen molar-refractivity contribution < 1.29 is 44.9 Å². The molecular formula is C29H32F5N4O7PS2. The van der Waals surface area contributed by atoms with Crippen LogP contribution in [0, 0.1) is 11.6 Å². The van der Waals surface area contributed by atoms with Crippen LogP contribution < -0.4 is 16.1 Å². The van der Waals surface area contributed by atoms with Crippen LogP contribution in [0.2, 0.25) is 0 Å². The van der Waals surface area contributed by atoms with Gasteiger partial charge in [0.15, 0.2) is 4.80 Å². The standard InChI is InChI=1S/C29H32F5N4O7PS2/c1-27(2,3)44-46(42,45-28(4,5)6)43-14-38-18(16-9-10-17(30)21(22(16)31)29(32,33)34)13-48-25(38)35-19(39)11-15-12-47-24-20(15)23(40)36(7)26(41)37(24)8/h9-10,12-13H,11,14H2,1-8H3. The summed E-state index contributed by atoms with van der Waals surface area (Å²) in [6, 6.07) is 1.22. The van der Waals surface area contributed by atoms with Crippen molar-refractivity contribution in [1.82, 2.24) is 13.7 Å².